The van der Waals surface area contributed by atoms with E-state index in [0.717, 1.165) is 28.9 Å². The third kappa shape index (κ3) is 4.02. The fourth-order valence-corrected chi connectivity index (χ4v) is 3.42. The molecule has 3 rings (SSSR count). The van der Waals surface area contributed by atoms with Crippen LogP contribution in [-0.4, -0.2) is 17.5 Å². The summed E-state index contributed by atoms with van der Waals surface area (Å²) in [5.41, 5.74) is 2.60. The highest BCUT2D eigenvalue weighted by Gasteiger charge is 2.21. The lowest BCUT2D eigenvalue weighted by molar-refractivity contribution is 0.748. The first-order valence-electron chi connectivity index (χ1n) is 7.04. The van der Waals surface area contributed by atoms with Crippen LogP contribution >= 0.6 is 23.4 Å². The number of halogens is 1. The van der Waals surface area contributed by atoms with E-state index < -0.39 is 0 Å². The van der Waals surface area contributed by atoms with E-state index in [1.165, 1.54) is 11.1 Å². The molecule has 0 bridgehead atoms. The lowest BCUT2D eigenvalue weighted by Crippen LogP contribution is -2.19. The van der Waals surface area contributed by atoms with Gasteiger partial charge in [-0.05, 0) is 29.7 Å². The van der Waals surface area contributed by atoms with Gasteiger partial charge in [-0.15, -0.1) is 0 Å². The second kappa shape index (κ2) is 7.01. The number of nitrogens with zero attached hydrogens (tertiary/aromatic N) is 1. The lowest BCUT2D eigenvalue weighted by Gasteiger charge is -2.09. The topological polar surface area (TPSA) is 24.4 Å². The van der Waals surface area contributed by atoms with Gasteiger partial charge >= 0.3 is 0 Å². The van der Waals surface area contributed by atoms with Crippen molar-refractivity contribution >= 4 is 28.5 Å². The molecule has 21 heavy (non-hydrogen) atoms. The fourth-order valence-electron chi connectivity index (χ4n) is 2.29. The molecule has 2 aromatic rings. The highest BCUT2D eigenvalue weighted by atomic mass is 35.5. The second-order valence-corrected chi connectivity index (χ2v) is 6.43. The van der Waals surface area contributed by atoms with Gasteiger partial charge in [0, 0.05) is 17.3 Å². The number of amidine groups is 1. The monoisotopic (exact) mass is 316 g/mol. The lowest BCUT2D eigenvalue weighted by atomic mass is 10.1. The average Bonchev–Trinajstić information content (AvgIpc) is 2.99. The molecule has 1 unspecified atom stereocenters. The molecular weight excluding hydrogens is 300 g/mol. The first-order chi connectivity index (χ1) is 10.3. The molecule has 1 aliphatic heterocycles. The van der Waals surface area contributed by atoms with Gasteiger partial charge in [0.2, 0.25) is 0 Å². The summed E-state index contributed by atoms with van der Waals surface area (Å²) >= 11 is 7.68. The Morgan fingerprint density at radius 2 is 1.86 bits per heavy atom. The van der Waals surface area contributed by atoms with Crippen LogP contribution in [0.4, 0.5) is 0 Å². The molecule has 0 spiro atoms. The van der Waals surface area contributed by atoms with Crippen LogP contribution in [0.5, 0.6) is 0 Å². The molecule has 1 saturated heterocycles. The van der Waals surface area contributed by atoms with Gasteiger partial charge in [-0.25, -0.2) is 0 Å². The molecule has 0 aromatic heterocycles. The summed E-state index contributed by atoms with van der Waals surface area (Å²) in [5, 5.41) is 5.33. The predicted octanol–water partition coefficient (Wildman–Crippen LogP) is 4.32. The molecule has 0 radical (unpaired) electrons. The van der Waals surface area contributed by atoms with Crippen molar-refractivity contribution in [3.8, 4) is 0 Å². The number of hydrogen-bond donors (Lipinski definition) is 1. The normalized spacial score (nSPS) is 19.7. The van der Waals surface area contributed by atoms with Gasteiger partial charge in [-0.3, -0.25) is 4.99 Å². The van der Waals surface area contributed by atoms with Crippen LogP contribution in [0, 0.1) is 0 Å². The van der Waals surface area contributed by atoms with Crippen LogP contribution < -0.4 is 5.32 Å². The third-order valence-electron chi connectivity index (χ3n) is 3.46. The molecular formula is C17H17ClN2S. The zero-order valence-corrected chi connectivity index (χ0v) is 13.2. The van der Waals surface area contributed by atoms with E-state index in [4.69, 9.17) is 11.6 Å². The summed E-state index contributed by atoms with van der Waals surface area (Å²) in [6.07, 6.45) is 0.943. The summed E-state index contributed by atoms with van der Waals surface area (Å²) in [4.78, 5) is 4.65. The predicted molar refractivity (Wildman–Crippen MR) is 92.2 cm³/mol. The van der Waals surface area contributed by atoms with Gasteiger partial charge in [0.1, 0.15) is 0 Å². The molecule has 0 amide bonds. The minimum Gasteiger partial charge on any atom is -0.357 e. The first-order valence-corrected chi connectivity index (χ1v) is 8.41. The van der Waals surface area contributed by atoms with Crippen molar-refractivity contribution in [3.05, 3.63) is 70.7 Å². The zero-order valence-electron chi connectivity index (χ0n) is 11.6. The summed E-state index contributed by atoms with van der Waals surface area (Å²) in [5.74, 6) is 1.05. The van der Waals surface area contributed by atoms with Crippen LogP contribution in [0.15, 0.2) is 59.6 Å². The number of rotatable bonds is 4. The molecule has 1 atom stereocenters. The average molecular weight is 317 g/mol. The summed E-state index contributed by atoms with van der Waals surface area (Å²) in [6, 6.07) is 18.9. The molecule has 0 saturated carbocycles. The summed E-state index contributed by atoms with van der Waals surface area (Å²) in [7, 11) is 0. The van der Waals surface area contributed by atoms with E-state index in [2.05, 4.69) is 46.7 Å². The van der Waals surface area contributed by atoms with E-state index in [1.807, 2.05) is 18.2 Å². The summed E-state index contributed by atoms with van der Waals surface area (Å²) in [6.45, 7) is 0.804. The summed E-state index contributed by atoms with van der Waals surface area (Å²) < 4.78 is 0. The van der Waals surface area contributed by atoms with Crippen LogP contribution in [0.2, 0.25) is 5.02 Å². The van der Waals surface area contributed by atoms with Crippen molar-refractivity contribution in [2.45, 2.75) is 12.5 Å². The molecule has 2 nitrogen and oxygen atoms in total. The van der Waals surface area contributed by atoms with Crippen molar-refractivity contribution in [2.24, 2.45) is 4.99 Å². The minimum absolute atomic E-state index is 0.380. The van der Waals surface area contributed by atoms with Gasteiger partial charge in [0.25, 0.3) is 0 Å². The third-order valence-corrected chi connectivity index (χ3v) is 4.73. The van der Waals surface area contributed by atoms with Gasteiger partial charge in [-0.1, -0.05) is 65.8 Å². The molecule has 1 heterocycles. The Morgan fingerprint density at radius 3 is 2.62 bits per heavy atom. The van der Waals surface area contributed by atoms with Crippen LogP contribution in [0.3, 0.4) is 0 Å². The number of aliphatic imine (C=N–C) groups is 1. The van der Waals surface area contributed by atoms with Crippen LogP contribution in [0.1, 0.15) is 17.2 Å². The highest BCUT2D eigenvalue weighted by Crippen LogP contribution is 2.25. The Bertz CT molecular complexity index is 610. The maximum Gasteiger partial charge on any atom is 0.157 e. The van der Waals surface area contributed by atoms with Crippen molar-refractivity contribution in [3.63, 3.8) is 0 Å². The Balaban J connectivity index is 1.53. The molecule has 1 aliphatic rings. The largest absolute Gasteiger partial charge is 0.357 e. The fraction of sp³-hybridized carbons (Fsp3) is 0.235. The highest BCUT2D eigenvalue weighted by molar-refractivity contribution is 8.14. The minimum atomic E-state index is 0.380. The number of nitrogens with one attached hydrogen (secondary N) is 1. The maximum absolute atomic E-state index is 5.88. The van der Waals surface area contributed by atoms with Gasteiger partial charge in [-0.2, -0.15) is 0 Å². The number of hydrogen-bond acceptors (Lipinski definition) is 2. The molecule has 4 heteroatoms. The molecule has 2 aromatic carbocycles. The molecule has 1 N–H and O–H groups in total. The Labute approximate surface area is 134 Å². The smallest absolute Gasteiger partial charge is 0.157 e. The zero-order chi connectivity index (χ0) is 14.5. The van der Waals surface area contributed by atoms with E-state index in [1.54, 1.807) is 11.8 Å². The van der Waals surface area contributed by atoms with Crippen molar-refractivity contribution < 1.29 is 0 Å². The Morgan fingerprint density at radius 1 is 1.10 bits per heavy atom. The SMILES string of the molecule is Clc1ccc(CCN=C2NC(c3ccccc3)CS2)cc1. The van der Waals surface area contributed by atoms with Gasteiger partial charge < -0.3 is 5.32 Å². The number of benzene rings is 2. The molecule has 0 aliphatic carbocycles. The van der Waals surface area contributed by atoms with Gasteiger partial charge in [0.15, 0.2) is 5.17 Å². The Hall–Kier alpha value is -1.45. The Kier molecular flexibility index (Phi) is 4.84. The van der Waals surface area contributed by atoms with E-state index in [-0.39, 0.29) is 0 Å². The first kappa shape index (κ1) is 14.5. The van der Waals surface area contributed by atoms with Gasteiger partial charge in [0.05, 0.1) is 6.04 Å². The van der Waals surface area contributed by atoms with Crippen LogP contribution in [-0.2, 0) is 6.42 Å². The van der Waals surface area contributed by atoms with Crippen molar-refractivity contribution in [1.29, 1.82) is 0 Å². The second-order valence-electron chi connectivity index (χ2n) is 4.98. The van der Waals surface area contributed by atoms with E-state index >= 15 is 0 Å². The molecule has 108 valence electrons. The maximum atomic E-state index is 5.88. The van der Waals surface area contributed by atoms with Crippen LogP contribution in [0.25, 0.3) is 0 Å². The quantitative estimate of drug-likeness (QED) is 0.908. The standard InChI is InChI=1S/C17H17ClN2S/c18-15-8-6-13(7-9-15)10-11-19-17-20-16(12-21-17)14-4-2-1-3-5-14/h1-9,16H,10-12H2,(H,19,20). The van der Waals surface area contributed by atoms with Crippen molar-refractivity contribution in [2.75, 3.05) is 12.3 Å². The number of thioether (sulfide) groups is 1. The molecule has 1 fully saturated rings. The van der Waals surface area contributed by atoms with E-state index in [0.29, 0.717) is 6.04 Å². The van der Waals surface area contributed by atoms with Crippen molar-refractivity contribution in [1.82, 2.24) is 5.32 Å². The van der Waals surface area contributed by atoms with E-state index in [9.17, 15) is 0 Å².